The zero-order chi connectivity index (χ0) is 15.2. The molecule has 7 heteroatoms. The van der Waals surface area contributed by atoms with Gasteiger partial charge in [0.15, 0.2) is 0 Å². The summed E-state index contributed by atoms with van der Waals surface area (Å²) in [6.07, 6.45) is 1.42. The summed E-state index contributed by atoms with van der Waals surface area (Å²) >= 11 is 5.82. The number of carboxylic acid groups (broad SMARTS) is 1. The van der Waals surface area contributed by atoms with Crippen LogP contribution in [0, 0.1) is 0 Å². The van der Waals surface area contributed by atoms with Gasteiger partial charge >= 0.3 is 12.0 Å². The van der Waals surface area contributed by atoms with E-state index in [9.17, 15) is 9.59 Å². The Morgan fingerprint density at radius 1 is 1.33 bits per heavy atom. The van der Waals surface area contributed by atoms with Gasteiger partial charge in [0.05, 0.1) is 6.54 Å². The van der Waals surface area contributed by atoms with Gasteiger partial charge in [0.25, 0.3) is 0 Å². The van der Waals surface area contributed by atoms with Crippen molar-refractivity contribution in [2.75, 3.05) is 18.0 Å². The monoisotopic (exact) mass is 309 g/mol. The molecule has 0 saturated carbocycles. The minimum Gasteiger partial charge on any atom is -0.481 e. The van der Waals surface area contributed by atoms with Crippen LogP contribution in [0.5, 0.6) is 0 Å². The Morgan fingerprint density at radius 2 is 2.05 bits per heavy atom. The van der Waals surface area contributed by atoms with Crippen LogP contribution >= 0.6 is 11.6 Å². The second-order valence-electron chi connectivity index (χ2n) is 4.67. The average Bonchev–Trinajstić information content (AvgIpc) is 2.80. The number of nitrogens with one attached hydrogen (secondary N) is 1. The van der Waals surface area contributed by atoms with Crippen LogP contribution in [0.25, 0.3) is 0 Å². The number of amidine groups is 1. The lowest BCUT2D eigenvalue weighted by Gasteiger charge is -2.12. The van der Waals surface area contributed by atoms with E-state index in [4.69, 9.17) is 16.7 Å². The predicted molar refractivity (Wildman–Crippen MR) is 81.1 cm³/mol. The van der Waals surface area contributed by atoms with Gasteiger partial charge in [-0.1, -0.05) is 11.6 Å². The average molecular weight is 310 g/mol. The van der Waals surface area contributed by atoms with Gasteiger partial charge in [-0.15, -0.1) is 0 Å². The summed E-state index contributed by atoms with van der Waals surface area (Å²) in [4.78, 5) is 28.1. The Morgan fingerprint density at radius 3 is 2.71 bits per heavy atom. The smallest absolute Gasteiger partial charge is 0.327 e. The number of halogens is 1. The number of aliphatic carboxylic acids is 1. The summed E-state index contributed by atoms with van der Waals surface area (Å²) in [7, 11) is 0. The minimum atomic E-state index is -0.800. The fourth-order valence-corrected chi connectivity index (χ4v) is 2.10. The fourth-order valence-electron chi connectivity index (χ4n) is 1.97. The third kappa shape index (κ3) is 4.46. The van der Waals surface area contributed by atoms with E-state index in [1.54, 1.807) is 29.2 Å². The first-order valence-corrected chi connectivity index (χ1v) is 7.03. The molecule has 0 aliphatic carbocycles. The zero-order valence-electron chi connectivity index (χ0n) is 11.4. The van der Waals surface area contributed by atoms with E-state index in [-0.39, 0.29) is 12.5 Å². The summed E-state index contributed by atoms with van der Waals surface area (Å²) in [6, 6.07) is 6.79. The maximum atomic E-state index is 11.9. The van der Waals surface area contributed by atoms with Crippen molar-refractivity contribution in [1.29, 1.82) is 0 Å². The first-order chi connectivity index (χ1) is 10.1. The number of carboxylic acids is 1. The number of aliphatic imine (C=N–C) groups is 1. The Kier molecular flexibility index (Phi) is 5.16. The van der Waals surface area contributed by atoms with Crippen molar-refractivity contribution >= 4 is 35.1 Å². The van der Waals surface area contributed by atoms with Gasteiger partial charge in [0.1, 0.15) is 5.84 Å². The number of carbonyl (C=O) groups is 2. The van der Waals surface area contributed by atoms with E-state index in [2.05, 4.69) is 10.3 Å². The van der Waals surface area contributed by atoms with E-state index in [0.29, 0.717) is 36.8 Å². The number of anilines is 1. The molecule has 6 nitrogen and oxygen atoms in total. The molecule has 1 fully saturated rings. The minimum absolute atomic E-state index is 0.147. The molecule has 1 aromatic rings. The lowest BCUT2D eigenvalue weighted by atomic mass is 10.2. The highest BCUT2D eigenvalue weighted by Crippen LogP contribution is 2.19. The molecule has 2 rings (SSSR count). The van der Waals surface area contributed by atoms with E-state index < -0.39 is 5.97 Å². The number of rotatable bonds is 6. The lowest BCUT2D eigenvalue weighted by molar-refractivity contribution is -0.137. The highest BCUT2D eigenvalue weighted by molar-refractivity contribution is 6.30. The molecule has 21 heavy (non-hydrogen) atoms. The third-order valence-corrected chi connectivity index (χ3v) is 3.30. The van der Waals surface area contributed by atoms with E-state index >= 15 is 0 Å². The van der Waals surface area contributed by atoms with Crippen molar-refractivity contribution in [1.82, 2.24) is 5.32 Å². The molecule has 0 spiro atoms. The molecule has 1 aliphatic heterocycles. The van der Waals surface area contributed by atoms with Gasteiger partial charge in [-0.3, -0.25) is 20.0 Å². The Labute approximate surface area is 127 Å². The summed E-state index contributed by atoms with van der Waals surface area (Å²) in [5, 5.41) is 11.9. The van der Waals surface area contributed by atoms with Gasteiger partial charge in [-0.25, -0.2) is 4.79 Å². The van der Waals surface area contributed by atoms with Crippen LogP contribution in [0.1, 0.15) is 19.3 Å². The first-order valence-electron chi connectivity index (χ1n) is 6.65. The van der Waals surface area contributed by atoms with Crippen LogP contribution in [-0.2, 0) is 4.79 Å². The van der Waals surface area contributed by atoms with Crippen LogP contribution in [0.15, 0.2) is 29.3 Å². The third-order valence-electron chi connectivity index (χ3n) is 3.04. The molecule has 0 atom stereocenters. The van der Waals surface area contributed by atoms with Crippen molar-refractivity contribution in [2.45, 2.75) is 19.3 Å². The van der Waals surface area contributed by atoms with Gasteiger partial charge in [-0.2, -0.15) is 0 Å². The van der Waals surface area contributed by atoms with Gasteiger partial charge in [0, 0.05) is 23.7 Å². The van der Waals surface area contributed by atoms with Crippen LogP contribution in [0.4, 0.5) is 10.5 Å². The second kappa shape index (κ2) is 7.08. The predicted octanol–water partition coefficient (Wildman–Crippen LogP) is 2.52. The number of hydrogen-bond donors (Lipinski definition) is 2. The largest absolute Gasteiger partial charge is 0.481 e. The molecule has 1 heterocycles. The maximum absolute atomic E-state index is 11.9. The second-order valence-corrected chi connectivity index (χ2v) is 5.11. The van der Waals surface area contributed by atoms with Gasteiger partial charge < -0.3 is 5.11 Å². The van der Waals surface area contributed by atoms with Crippen molar-refractivity contribution in [3.63, 3.8) is 0 Å². The summed E-state index contributed by atoms with van der Waals surface area (Å²) in [6.45, 7) is 0.900. The molecule has 1 aliphatic rings. The van der Waals surface area contributed by atoms with Crippen molar-refractivity contribution in [3.05, 3.63) is 29.3 Å². The number of nitrogens with zero attached hydrogens (tertiary/aromatic N) is 2. The fraction of sp³-hybridized carbons (Fsp3) is 0.357. The summed E-state index contributed by atoms with van der Waals surface area (Å²) in [5.74, 6) is -0.198. The zero-order valence-corrected chi connectivity index (χ0v) is 12.1. The van der Waals surface area contributed by atoms with Crippen molar-refractivity contribution in [3.8, 4) is 0 Å². The topological polar surface area (TPSA) is 82.0 Å². The standard InChI is InChI=1S/C14H16ClN3O3/c15-10-4-6-11(7-5-10)18-9-12(17-14(18)21)16-8-2-1-3-13(19)20/h4-7H,1-3,8-9H2,(H,19,20)(H,16,17,21). The molecule has 1 saturated heterocycles. The summed E-state index contributed by atoms with van der Waals surface area (Å²) < 4.78 is 0. The van der Waals surface area contributed by atoms with Gasteiger partial charge in [0.2, 0.25) is 0 Å². The molecule has 0 unspecified atom stereocenters. The Bertz CT molecular complexity index is 557. The molecule has 112 valence electrons. The number of unbranched alkanes of at least 4 members (excludes halogenated alkanes) is 1. The number of carbonyl (C=O) groups excluding carboxylic acids is 1. The lowest BCUT2D eigenvalue weighted by Crippen LogP contribution is -2.27. The van der Waals surface area contributed by atoms with E-state index in [1.807, 2.05) is 0 Å². The van der Waals surface area contributed by atoms with Crippen molar-refractivity contribution < 1.29 is 14.7 Å². The van der Waals surface area contributed by atoms with Crippen LogP contribution < -0.4 is 10.2 Å². The number of benzene rings is 1. The number of amides is 2. The Balaban J connectivity index is 1.87. The van der Waals surface area contributed by atoms with Crippen LogP contribution in [-0.4, -0.2) is 36.0 Å². The molecular formula is C14H16ClN3O3. The highest BCUT2D eigenvalue weighted by Gasteiger charge is 2.26. The normalized spacial score (nSPS) is 16.3. The van der Waals surface area contributed by atoms with E-state index in [1.165, 1.54) is 0 Å². The molecular weight excluding hydrogens is 294 g/mol. The molecule has 0 bridgehead atoms. The highest BCUT2D eigenvalue weighted by atomic mass is 35.5. The molecule has 0 radical (unpaired) electrons. The van der Waals surface area contributed by atoms with Crippen molar-refractivity contribution in [2.24, 2.45) is 4.99 Å². The quantitative estimate of drug-likeness (QED) is 0.792. The molecule has 2 amide bonds. The number of hydrogen-bond acceptors (Lipinski definition) is 3. The van der Waals surface area contributed by atoms with Crippen LogP contribution in [0.2, 0.25) is 5.02 Å². The van der Waals surface area contributed by atoms with E-state index in [0.717, 1.165) is 5.69 Å². The summed E-state index contributed by atoms with van der Waals surface area (Å²) in [5.41, 5.74) is 0.757. The SMILES string of the molecule is O=C(O)CCCCN=C1CN(c2ccc(Cl)cc2)C(=O)N1. The maximum Gasteiger partial charge on any atom is 0.327 e. The first kappa shape index (κ1) is 15.3. The number of urea groups is 1. The van der Waals surface area contributed by atoms with Crippen LogP contribution in [0.3, 0.4) is 0 Å². The molecule has 1 aromatic carbocycles. The Hall–Kier alpha value is -2.08. The van der Waals surface area contributed by atoms with Gasteiger partial charge in [-0.05, 0) is 37.1 Å². The molecule has 2 N–H and O–H groups in total. The molecule has 0 aromatic heterocycles.